The molecule has 0 unspecified atom stereocenters. The van der Waals surface area contributed by atoms with Crippen LogP contribution in [-0.4, -0.2) is 23.0 Å². The fourth-order valence-corrected chi connectivity index (χ4v) is 2.07. The second-order valence-corrected chi connectivity index (χ2v) is 6.89. The summed E-state index contributed by atoms with van der Waals surface area (Å²) in [5, 5.41) is 15.3. The zero-order chi connectivity index (χ0) is 17.1. The number of rotatable bonds is 4. The van der Waals surface area contributed by atoms with Crippen LogP contribution in [0.2, 0.25) is 0 Å². The van der Waals surface area contributed by atoms with Crippen molar-refractivity contribution in [2.24, 2.45) is 5.92 Å². The maximum atomic E-state index is 12.4. The Balaban J connectivity index is 3.02. The number of aromatic hydroxyl groups is 1. The number of amides is 2. The Morgan fingerprint density at radius 1 is 1.18 bits per heavy atom. The van der Waals surface area contributed by atoms with Crippen molar-refractivity contribution in [1.29, 1.82) is 0 Å². The lowest BCUT2D eigenvalue weighted by Crippen LogP contribution is -2.46. The van der Waals surface area contributed by atoms with E-state index in [1.165, 1.54) is 6.92 Å². The molecule has 1 atom stereocenters. The molecular weight excluding hydrogens is 280 g/mol. The molecule has 0 saturated heterocycles. The number of hydrogen-bond donors (Lipinski definition) is 3. The lowest BCUT2D eigenvalue weighted by atomic mass is 9.87. The number of carbonyl (C=O) groups is 2. The van der Waals surface area contributed by atoms with Crippen LogP contribution in [0.15, 0.2) is 18.2 Å². The zero-order valence-corrected chi connectivity index (χ0v) is 14.2. The molecule has 0 fully saturated rings. The van der Waals surface area contributed by atoms with E-state index in [0.717, 1.165) is 5.56 Å². The topological polar surface area (TPSA) is 78.4 Å². The lowest BCUT2D eigenvalue weighted by molar-refractivity contribution is -0.126. The fourth-order valence-electron chi connectivity index (χ4n) is 2.07. The van der Waals surface area contributed by atoms with Crippen molar-refractivity contribution in [2.45, 2.75) is 53.0 Å². The molecule has 0 aliphatic rings. The third kappa shape index (κ3) is 4.76. The monoisotopic (exact) mass is 306 g/mol. The smallest absolute Gasteiger partial charge is 0.247 e. The normalized spacial score (nSPS) is 12.9. The Kier molecular flexibility index (Phi) is 5.58. The van der Waals surface area contributed by atoms with Gasteiger partial charge in [-0.25, -0.2) is 0 Å². The molecule has 0 aromatic heterocycles. The van der Waals surface area contributed by atoms with Gasteiger partial charge in [-0.3, -0.25) is 9.59 Å². The van der Waals surface area contributed by atoms with E-state index in [9.17, 15) is 14.7 Å². The second kappa shape index (κ2) is 6.81. The molecule has 1 aromatic rings. The summed E-state index contributed by atoms with van der Waals surface area (Å²) in [6.07, 6.45) is 0. The number of phenolic OH excluding ortho intramolecular Hbond substituents is 1. The van der Waals surface area contributed by atoms with Gasteiger partial charge in [0.25, 0.3) is 0 Å². The quantitative estimate of drug-likeness (QED) is 0.748. The van der Waals surface area contributed by atoms with E-state index in [1.807, 2.05) is 19.9 Å². The van der Waals surface area contributed by atoms with Gasteiger partial charge in [-0.1, -0.05) is 40.7 Å². The largest absolute Gasteiger partial charge is 0.506 e. The lowest BCUT2D eigenvalue weighted by Gasteiger charge is -2.23. The molecule has 0 heterocycles. The first-order chi connectivity index (χ1) is 10.0. The number of carbonyl (C=O) groups excluding carboxylic acids is 2. The number of benzene rings is 1. The van der Waals surface area contributed by atoms with Gasteiger partial charge in [0.1, 0.15) is 11.8 Å². The highest BCUT2D eigenvalue weighted by atomic mass is 16.3. The molecule has 0 bridgehead atoms. The molecule has 122 valence electrons. The SMILES string of the molecule is CC(=O)N[C@@H](C(=O)Nc1cc(C(C)(C)C)ccc1O)C(C)C. The van der Waals surface area contributed by atoms with E-state index in [1.54, 1.807) is 12.1 Å². The van der Waals surface area contributed by atoms with Crippen LogP contribution in [-0.2, 0) is 15.0 Å². The minimum absolute atomic E-state index is 0.00619. The van der Waals surface area contributed by atoms with E-state index in [2.05, 4.69) is 31.4 Å². The summed E-state index contributed by atoms with van der Waals surface area (Å²) in [7, 11) is 0. The van der Waals surface area contributed by atoms with E-state index in [4.69, 9.17) is 0 Å². The molecule has 3 N–H and O–H groups in total. The molecule has 1 rings (SSSR count). The Hall–Kier alpha value is -2.04. The van der Waals surface area contributed by atoms with Crippen molar-refractivity contribution in [3.8, 4) is 5.75 Å². The Morgan fingerprint density at radius 3 is 2.23 bits per heavy atom. The maximum Gasteiger partial charge on any atom is 0.247 e. The number of anilines is 1. The van der Waals surface area contributed by atoms with E-state index in [0.29, 0.717) is 5.69 Å². The maximum absolute atomic E-state index is 12.4. The van der Waals surface area contributed by atoms with Gasteiger partial charge in [-0.15, -0.1) is 0 Å². The molecule has 0 spiro atoms. The first-order valence-corrected chi connectivity index (χ1v) is 7.44. The molecule has 22 heavy (non-hydrogen) atoms. The third-order valence-electron chi connectivity index (χ3n) is 3.43. The van der Waals surface area contributed by atoms with Crippen molar-refractivity contribution >= 4 is 17.5 Å². The van der Waals surface area contributed by atoms with E-state index < -0.39 is 6.04 Å². The van der Waals surface area contributed by atoms with Crippen molar-refractivity contribution < 1.29 is 14.7 Å². The van der Waals surface area contributed by atoms with Crippen molar-refractivity contribution in [3.63, 3.8) is 0 Å². The van der Waals surface area contributed by atoms with Crippen LogP contribution in [0, 0.1) is 5.92 Å². The molecule has 0 saturated carbocycles. The predicted molar refractivity (Wildman–Crippen MR) is 87.9 cm³/mol. The molecule has 0 radical (unpaired) electrons. The van der Waals surface area contributed by atoms with Gasteiger partial charge in [-0.05, 0) is 29.0 Å². The van der Waals surface area contributed by atoms with Gasteiger partial charge in [-0.2, -0.15) is 0 Å². The molecule has 5 nitrogen and oxygen atoms in total. The Bertz CT molecular complexity index is 560. The molecule has 0 aliphatic heterocycles. The van der Waals surface area contributed by atoms with Crippen molar-refractivity contribution in [3.05, 3.63) is 23.8 Å². The molecular formula is C17H26N2O3. The van der Waals surface area contributed by atoms with Crippen LogP contribution in [0.5, 0.6) is 5.75 Å². The Labute approximate surface area is 132 Å². The highest BCUT2D eigenvalue weighted by molar-refractivity contribution is 5.98. The van der Waals surface area contributed by atoms with Gasteiger partial charge in [0, 0.05) is 6.92 Å². The summed E-state index contributed by atoms with van der Waals surface area (Å²) in [6, 6.07) is 4.52. The summed E-state index contributed by atoms with van der Waals surface area (Å²) in [6.45, 7) is 11.2. The highest BCUT2D eigenvalue weighted by Gasteiger charge is 2.24. The zero-order valence-electron chi connectivity index (χ0n) is 14.2. The highest BCUT2D eigenvalue weighted by Crippen LogP contribution is 2.30. The number of hydrogen-bond acceptors (Lipinski definition) is 3. The molecule has 1 aromatic carbocycles. The van der Waals surface area contributed by atoms with Crippen LogP contribution >= 0.6 is 0 Å². The summed E-state index contributed by atoms with van der Waals surface area (Å²) >= 11 is 0. The fraction of sp³-hybridized carbons (Fsp3) is 0.529. The second-order valence-electron chi connectivity index (χ2n) is 6.89. The minimum Gasteiger partial charge on any atom is -0.506 e. The standard InChI is InChI=1S/C17H26N2O3/c1-10(2)15(18-11(3)20)16(22)19-13-9-12(17(4,5)6)7-8-14(13)21/h7-10,15,21H,1-6H3,(H,18,20)(H,19,22)/t15-/m1/s1. The van der Waals surface area contributed by atoms with Gasteiger partial charge in [0.15, 0.2) is 0 Å². The average Bonchev–Trinajstić information content (AvgIpc) is 2.36. The van der Waals surface area contributed by atoms with Crippen LogP contribution in [0.4, 0.5) is 5.69 Å². The predicted octanol–water partition coefficient (Wildman–Crippen LogP) is 2.79. The van der Waals surface area contributed by atoms with E-state index >= 15 is 0 Å². The van der Waals surface area contributed by atoms with Gasteiger partial charge < -0.3 is 15.7 Å². The first kappa shape index (κ1) is 18.0. The molecule has 5 heteroatoms. The number of nitrogens with one attached hydrogen (secondary N) is 2. The van der Waals surface area contributed by atoms with Gasteiger partial charge >= 0.3 is 0 Å². The third-order valence-corrected chi connectivity index (χ3v) is 3.43. The van der Waals surface area contributed by atoms with Crippen LogP contribution in [0.25, 0.3) is 0 Å². The van der Waals surface area contributed by atoms with Gasteiger partial charge in [0.2, 0.25) is 11.8 Å². The average molecular weight is 306 g/mol. The van der Waals surface area contributed by atoms with E-state index in [-0.39, 0.29) is 28.9 Å². The molecule has 2 amide bonds. The van der Waals surface area contributed by atoms with Crippen LogP contribution < -0.4 is 10.6 Å². The van der Waals surface area contributed by atoms with Gasteiger partial charge in [0.05, 0.1) is 5.69 Å². The minimum atomic E-state index is -0.643. The summed E-state index contributed by atoms with van der Waals surface area (Å²) in [5.74, 6) is -0.656. The van der Waals surface area contributed by atoms with Crippen LogP contribution in [0.1, 0.15) is 47.1 Å². The summed E-state index contributed by atoms with van der Waals surface area (Å²) in [5.41, 5.74) is 1.26. The Morgan fingerprint density at radius 2 is 1.77 bits per heavy atom. The van der Waals surface area contributed by atoms with Crippen LogP contribution in [0.3, 0.4) is 0 Å². The first-order valence-electron chi connectivity index (χ1n) is 7.44. The van der Waals surface area contributed by atoms with Crippen molar-refractivity contribution in [1.82, 2.24) is 5.32 Å². The summed E-state index contributed by atoms with van der Waals surface area (Å²) in [4.78, 5) is 23.6. The van der Waals surface area contributed by atoms with Crippen molar-refractivity contribution in [2.75, 3.05) is 5.32 Å². The number of phenols is 1. The molecule has 0 aliphatic carbocycles. The summed E-state index contributed by atoms with van der Waals surface area (Å²) < 4.78 is 0.